The molecule has 0 fully saturated rings. The van der Waals surface area contributed by atoms with Crippen molar-refractivity contribution in [2.24, 2.45) is 0 Å². The van der Waals surface area contributed by atoms with Crippen LogP contribution in [0.5, 0.6) is 0 Å². The third-order valence-electron chi connectivity index (χ3n) is 2.06. The first-order chi connectivity index (χ1) is 6.42. The molecule has 0 aliphatic carbocycles. The molecule has 2 rings (SSSR count). The van der Waals surface area contributed by atoms with E-state index in [0.29, 0.717) is 6.54 Å². The fourth-order valence-corrected chi connectivity index (χ4v) is 1.46. The summed E-state index contributed by atoms with van der Waals surface area (Å²) in [6, 6.07) is 12.0. The van der Waals surface area contributed by atoms with Gasteiger partial charge in [-0.2, -0.15) is 4.57 Å². The Morgan fingerprint density at radius 2 is 1.92 bits per heavy atom. The number of hydrogen-bond acceptors (Lipinski definition) is 1. The predicted molar refractivity (Wildman–Crippen MR) is 50.2 cm³/mol. The van der Waals surface area contributed by atoms with Crippen molar-refractivity contribution in [1.82, 2.24) is 0 Å². The quantitative estimate of drug-likeness (QED) is 0.494. The van der Waals surface area contributed by atoms with Gasteiger partial charge in [0.15, 0.2) is 12.5 Å². The summed E-state index contributed by atoms with van der Waals surface area (Å²) in [7, 11) is 0. The summed E-state index contributed by atoms with van der Waals surface area (Å²) in [5.74, 6) is 0. The van der Waals surface area contributed by atoms with E-state index in [1.807, 2.05) is 47.2 Å². The minimum Gasteiger partial charge on any atom is -0.296 e. The standard InChI is InChI=1S/C11H10NO/c13-9-8-12-7-3-5-10-4-1-2-6-11(10)12/h1-7,9H,8H2/q+1. The minimum atomic E-state index is 0.418. The Morgan fingerprint density at radius 1 is 1.15 bits per heavy atom. The van der Waals surface area contributed by atoms with Gasteiger partial charge < -0.3 is 0 Å². The molecule has 0 atom stereocenters. The highest BCUT2D eigenvalue weighted by atomic mass is 16.1. The molecular weight excluding hydrogens is 162 g/mol. The van der Waals surface area contributed by atoms with Crippen LogP contribution in [-0.4, -0.2) is 6.29 Å². The van der Waals surface area contributed by atoms with Crippen molar-refractivity contribution in [3.63, 3.8) is 0 Å². The molecule has 0 aliphatic rings. The molecule has 0 aliphatic heterocycles. The Kier molecular flexibility index (Phi) is 2.04. The molecule has 1 heterocycles. The smallest absolute Gasteiger partial charge is 0.212 e. The van der Waals surface area contributed by atoms with Crippen LogP contribution in [0.3, 0.4) is 0 Å². The maximum atomic E-state index is 10.4. The van der Waals surface area contributed by atoms with E-state index >= 15 is 0 Å². The van der Waals surface area contributed by atoms with Gasteiger partial charge in [0.25, 0.3) is 0 Å². The van der Waals surface area contributed by atoms with Gasteiger partial charge in [-0.15, -0.1) is 0 Å². The van der Waals surface area contributed by atoms with Crippen LogP contribution in [0.15, 0.2) is 42.6 Å². The lowest BCUT2D eigenvalue weighted by molar-refractivity contribution is -0.656. The Bertz CT molecular complexity index is 432. The molecule has 1 aromatic carbocycles. The molecule has 2 nitrogen and oxygen atoms in total. The van der Waals surface area contributed by atoms with Crippen molar-refractivity contribution in [1.29, 1.82) is 0 Å². The highest BCUT2D eigenvalue weighted by Gasteiger charge is 2.04. The molecule has 2 heteroatoms. The molecule has 0 unspecified atom stereocenters. The summed E-state index contributed by atoms with van der Waals surface area (Å²) >= 11 is 0. The van der Waals surface area contributed by atoms with Gasteiger partial charge in [-0.1, -0.05) is 12.1 Å². The third-order valence-corrected chi connectivity index (χ3v) is 2.06. The van der Waals surface area contributed by atoms with E-state index in [2.05, 4.69) is 0 Å². The van der Waals surface area contributed by atoms with Crippen LogP contribution in [0.25, 0.3) is 10.9 Å². The Labute approximate surface area is 76.4 Å². The minimum absolute atomic E-state index is 0.418. The summed E-state index contributed by atoms with van der Waals surface area (Å²) in [6.45, 7) is 0.418. The molecular formula is C11H10NO+. The summed E-state index contributed by atoms with van der Waals surface area (Å²) in [5.41, 5.74) is 1.09. The molecule has 0 saturated heterocycles. The fraction of sp³-hybridized carbons (Fsp3) is 0.0909. The van der Waals surface area contributed by atoms with Gasteiger partial charge in [0.05, 0.1) is 0 Å². The highest BCUT2D eigenvalue weighted by molar-refractivity contribution is 5.75. The summed E-state index contributed by atoms with van der Waals surface area (Å²) in [4.78, 5) is 10.4. The summed E-state index contributed by atoms with van der Waals surface area (Å²) in [5, 5.41) is 1.16. The zero-order chi connectivity index (χ0) is 9.10. The van der Waals surface area contributed by atoms with Gasteiger partial charge in [0.1, 0.15) is 0 Å². The number of fused-ring (bicyclic) bond motifs is 1. The first kappa shape index (κ1) is 7.92. The molecule has 0 bridgehead atoms. The predicted octanol–water partition coefficient (Wildman–Crippen LogP) is 1.33. The number of carbonyl (C=O) groups excluding carboxylic acids is 1. The lowest BCUT2D eigenvalue weighted by Gasteiger charge is -1.96. The van der Waals surface area contributed by atoms with Crippen molar-refractivity contribution in [3.05, 3.63) is 42.6 Å². The number of rotatable bonds is 2. The third kappa shape index (κ3) is 1.43. The molecule has 13 heavy (non-hydrogen) atoms. The van der Waals surface area contributed by atoms with Gasteiger partial charge in [0.2, 0.25) is 12.1 Å². The van der Waals surface area contributed by atoms with Crippen molar-refractivity contribution in [2.45, 2.75) is 6.54 Å². The first-order valence-corrected chi connectivity index (χ1v) is 4.22. The van der Waals surface area contributed by atoms with Crippen molar-refractivity contribution in [3.8, 4) is 0 Å². The Hall–Kier alpha value is -1.70. The maximum Gasteiger partial charge on any atom is 0.212 e. The number of nitrogens with zero attached hydrogens (tertiary/aromatic N) is 1. The van der Waals surface area contributed by atoms with E-state index in [0.717, 1.165) is 17.2 Å². The number of pyridine rings is 1. The molecule has 0 radical (unpaired) electrons. The van der Waals surface area contributed by atoms with Crippen LogP contribution in [0.4, 0.5) is 0 Å². The van der Waals surface area contributed by atoms with E-state index in [1.165, 1.54) is 0 Å². The highest BCUT2D eigenvalue weighted by Crippen LogP contribution is 2.07. The molecule has 2 aromatic rings. The zero-order valence-corrected chi connectivity index (χ0v) is 7.18. The molecule has 1 aromatic heterocycles. The number of hydrogen-bond donors (Lipinski definition) is 0. The number of aldehydes is 1. The molecule has 0 spiro atoms. The molecule has 0 N–H and O–H groups in total. The van der Waals surface area contributed by atoms with Crippen molar-refractivity contribution < 1.29 is 9.36 Å². The average molecular weight is 172 g/mol. The monoisotopic (exact) mass is 172 g/mol. The Balaban J connectivity index is 2.68. The van der Waals surface area contributed by atoms with Gasteiger partial charge in [-0.05, 0) is 12.1 Å². The SMILES string of the molecule is O=CC[n+]1cccc2ccccc21. The molecule has 0 saturated carbocycles. The first-order valence-electron chi connectivity index (χ1n) is 4.22. The zero-order valence-electron chi connectivity index (χ0n) is 7.18. The number of carbonyl (C=O) groups is 1. The van der Waals surface area contributed by atoms with Crippen LogP contribution in [-0.2, 0) is 11.3 Å². The lowest BCUT2D eigenvalue weighted by Crippen LogP contribution is -2.34. The van der Waals surface area contributed by atoms with E-state index in [9.17, 15) is 4.79 Å². The van der Waals surface area contributed by atoms with Gasteiger partial charge in [-0.3, -0.25) is 4.79 Å². The number of benzene rings is 1. The molecule has 64 valence electrons. The topological polar surface area (TPSA) is 20.9 Å². The largest absolute Gasteiger partial charge is 0.296 e. The van der Waals surface area contributed by atoms with Gasteiger partial charge >= 0.3 is 0 Å². The second-order valence-electron chi connectivity index (χ2n) is 2.89. The van der Waals surface area contributed by atoms with E-state index in [1.54, 1.807) is 0 Å². The summed E-state index contributed by atoms with van der Waals surface area (Å²) < 4.78 is 1.93. The number of aromatic nitrogens is 1. The fourth-order valence-electron chi connectivity index (χ4n) is 1.46. The molecule has 0 amide bonds. The van der Waals surface area contributed by atoms with E-state index in [-0.39, 0.29) is 0 Å². The van der Waals surface area contributed by atoms with Crippen molar-refractivity contribution in [2.75, 3.05) is 0 Å². The van der Waals surface area contributed by atoms with Crippen LogP contribution < -0.4 is 4.57 Å². The van der Waals surface area contributed by atoms with Crippen LogP contribution in [0, 0.1) is 0 Å². The van der Waals surface area contributed by atoms with Crippen LogP contribution in [0.2, 0.25) is 0 Å². The number of para-hydroxylation sites is 1. The van der Waals surface area contributed by atoms with Gasteiger partial charge in [-0.25, -0.2) is 0 Å². The Morgan fingerprint density at radius 3 is 2.77 bits per heavy atom. The van der Waals surface area contributed by atoms with Crippen LogP contribution >= 0.6 is 0 Å². The second-order valence-corrected chi connectivity index (χ2v) is 2.89. The van der Waals surface area contributed by atoms with Gasteiger partial charge in [0, 0.05) is 17.5 Å². The van der Waals surface area contributed by atoms with E-state index < -0.39 is 0 Å². The van der Waals surface area contributed by atoms with Crippen molar-refractivity contribution >= 4 is 17.2 Å². The normalized spacial score (nSPS) is 10.2. The maximum absolute atomic E-state index is 10.4. The second kappa shape index (κ2) is 3.35. The average Bonchev–Trinajstić information content (AvgIpc) is 2.19. The van der Waals surface area contributed by atoms with E-state index in [4.69, 9.17) is 0 Å². The van der Waals surface area contributed by atoms with Crippen LogP contribution in [0.1, 0.15) is 0 Å². The lowest BCUT2D eigenvalue weighted by atomic mass is 10.2. The summed E-state index contributed by atoms with van der Waals surface area (Å²) in [6.07, 6.45) is 2.82.